The lowest BCUT2D eigenvalue weighted by atomic mass is 10.2. The number of rotatable bonds is 4. The largest absolute Gasteiger partial charge is 0.480 e. The van der Waals surface area contributed by atoms with Crippen LogP contribution in [-0.4, -0.2) is 61.4 Å². The molecule has 1 aliphatic heterocycles. The number of fused-ring (bicyclic) bond motifs is 1. The van der Waals surface area contributed by atoms with Crippen molar-refractivity contribution in [2.24, 2.45) is 0 Å². The number of hydrogen-bond acceptors (Lipinski definition) is 7. The molecule has 1 amide bonds. The number of anilines is 1. The first-order chi connectivity index (χ1) is 12.7. The minimum Gasteiger partial charge on any atom is -0.480 e. The van der Waals surface area contributed by atoms with Crippen LogP contribution < -0.4 is 10.2 Å². The van der Waals surface area contributed by atoms with E-state index in [1.807, 2.05) is 25.7 Å². The minimum absolute atomic E-state index is 0.0649. The van der Waals surface area contributed by atoms with Crippen molar-refractivity contribution in [3.05, 3.63) is 12.7 Å². The number of carboxylic acid groups (broad SMARTS) is 1. The first-order valence-electron chi connectivity index (χ1n) is 8.80. The molecule has 0 bridgehead atoms. The van der Waals surface area contributed by atoms with Crippen LogP contribution in [0.5, 0.6) is 0 Å². The fraction of sp³-hybridized carbons (Fsp3) is 0.588. The van der Waals surface area contributed by atoms with Crippen LogP contribution in [-0.2, 0) is 9.53 Å². The third-order valence-electron chi connectivity index (χ3n) is 4.32. The molecule has 1 aliphatic rings. The van der Waals surface area contributed by atoms with Gasteiger partial charge in [-0.1, -0.05) is 0 Å². The average molecular weight is 376 g/mol. The van der Waals surface area contributed by atoms with Gasteiger partial charge in [-0.3, -0.25) is 0 Å². The first kappa shape index (κ1) is 18.9. The van der Waals surface area contributed by atoms with Crippen molar-refractivity contribution in [2.75, 3.05) is 18.0 Å². The summed E-state index contributed by atoms with van der Waals surface area (Å²) in [5, 5.41) is 12.1. The number of amides is 1. The van der Waals surface area contributed by atoms with Crippen LogP contribution in [0.4, 0.5) is 10.6 Å². The summed E-state index contributed by atoms with van der Waals surface area (Å²) in [7, 11) is 0. The van der Waals surface area contributed by atoms with Gasteiger partial charge in [-0.15, -0.1) is 0 Å². The zero-order valence-corrected chi connectivity index (χ0v) is 15.8. The monoisotopic (exact) mass is 376 g/mol. The number of hydrogen-bond donors (Lipinski definition) is 2. The number of carbonyl (C=O) groups excluding carboxylic acids is 1. The second-order valence-electron chi connectivity index (χ2n) is 7.61. The maximum Gasteiger partial charge on any atom is 0.407 e. The number of nitrogens with one attached hydrogen (secondary N) is 1. The minimum atomic E-state index is -0.961. The fourth-order valence-electron chi connectivity index (χ4n) is 3.02. The lowest BCUT2D eigenvalue weighted by Gasteiger charge is -2.22. The number of carbonyl (C=O) groups is 2. The Labute approximate surface area is 156 Å². The van der Waals surface area contributed by atoms with Gasteiger partial charge in [-0.05, 0) is 34.1 Å². The molecule has 2 N–H and O–H groups in total. The molecule has 146 valence electrons. The van der Waals surface area contributed by atoms with E-state index >= 15 is 0 Å². The molecule has 0 spiro atoms. The SMILES string of the molecule is CC(C(=O)O)n1cnc2c(N3CCC(NC(=O)OC(C)(C)C)C3)ncnc21. The highest BCUT2D eigenvalue weighted by molar-refractivity contribution is 5.85. The summed E-state index contributed by atoms with van der Waals surface area (Å²) < 4.78 is 6.81. The molecule has 0 radical (unpaired) electrons. The van der Waals surface area contributed by atoms with Crippen molar-refractivity contribution < 1.29 is 19.4 Å². The molecule has 0 aliphatic carbocycles. The summed E-state index contributed by atoms with van der Waals surface area (Å²) in [6, 6.07) is -0.845. The lowest BCUT2D eigenvalue weighted by Crippen LogP contribution is -2.40. The smallest absolute Gasteiger partial charge is 0.407 e. The Bertz CT molecular complexity index is 859. The highest BCUT2D eigenvalue weighted by Gasteiger charge is 2.29. The highest BCUT2D eigenvalue weighted by atomic mass is 16.6. The summed E-state index contributed by atoms with van der Waals surface area (Å²) in [4.78, 5) is 38.1. The molecule has 2 atom stereocenters. The molecule has 27 heavy (non-hydrogen) atoms. The maximum atomic E-state index is 12.0. The standard InChI is InChI=1S/C17H24N6O4/c1-10(15(24)25)23-9-20-12-13(18-8-19-14(12)23)22-6-5-11(7-22)21-16(26)27-17(2,3)4/h8-11H,5-7H2,1-4H3,(H,21,26)(H,24,25). The first-order valence-corrected chi connectivity index (χ1v) is 8.80. The third kappa shape index (κ3) is 4.09. The van der Waals surface area contributed by atoms with Gasteiger partial charge in [0.1, 0.15) is 18.0 Å². The molecule has 2 unspecified atom stereocenters. The number of aliphatic carboxylic acids is 1. The van der Waals surface area contributed by atoms with Gasteiger partial charge in [0, 0.05) is 13.1 Å². The Hall–Kier alpha value is -2.91. The number of imidazole rings is 1. The number of aromatic nitrogens is 4. The molecule has 0 aromatic carbocycles. The van der Waals surface area contributed by atoms with Crippen LogP contribution >= 0.6 is 0 Å². The van der Waals surface area contributed by atoms with Crippen molar-refractivity contribution in [1.29, 1.82) is 0 Å². The fourth-order valence-corrected chi connectivity index (χ4v) is 3.02. The van der Waals surface area contributed by atoms with E-state index in [0.29, 0.717) is 30.1 Å². The zero-order chi connectivity index (χ0) is 19.8. The highest BCUT2D eigenvalue weighted by Crippen LogP contribution is 2.26. The van der Waals surface area contributed by atoms with E-state index in [1.54, 1.807) is 6.92 Å². The van der Waals surface area contributed by atoms with Gasteiger partial charge >= 0.3 is 12.1 Å². The van der Waals surface area contributed by atoms with Crippen LogP contribution in [0.25, 0.3) is 11.2 Å². The number of alkyl carbamates (subject to hydrolysis) is 1. The van der Waals surface area contributed by atoms with Gasteiger partial charge in [0.15, 0.2) is 17.0 Å². The Morgan fingerprint density at radius 3 is 2.74 bits per heavy atom. The van der Waals surface area contributed by atoms with E-state index < -0.39 is 23.7 Å². The Morgan fingerprint density at radius 2 is 2.07 bits per heavy atom. The average Bonchev–Trinajstić information content (AvgIpc) is 3.18. The van der Waals surface area contributed by atoms with Gasteiger partial charge in [0.05, 0.1) is 12.4 Å². The van der Waals surface area contributed by atoms with Crippen molar-refractivity contribution in [2.45, 2.75) is 51.8 Å². The van der Waals surface area contributed by atoms with Crippen LogP contribution in [0.15, 0.2) is 12.7 Å². The molecule has 3 rings (SSSR count). The van der Waals surface area contributed by atoms with Crippen LogP contribution in [0.2, 0.25) is 0 Å². The molecule has 3 heterocycles. The molecular formula is C17H24N6O4. The summed E-state index contributed by atoms with van der Waals surface area (Å²) in [6.45, 7) is 8.28. The van der Waals surface area contributed by atoms with Crippen LogP contribution in [0, 0.1) is 0 Å². The molecule has 2 aromatic heterocycles. The Kier molecular flexibility index (Phi) is 4.90. The normalized spacial score (nSPS) is 18.5. The third-order valence-corrected chi connectivity index (χ3v) is 4.32. The van der Waals surface area contributed by atoms with Gasteiger partial charge < -0.3 is 24.6 Å². The summed E-state index contributed by atoms with van der Waals surface area (Å²) in [5.74, 6) is -0.331. The van der Waals surface area contributed by atoms with E-state index in [9.17, 15) is 14.7 Å². The van der Waals surface area contributed by atoms with Crippen LogP contribution in [0.1, 0.15) is 40.2 Å². The topological polar surface area (TPSA) is 122 Å². The van der Waals surface area contributed by atoms with Gasteiger partial charge in [-0.25, -0.2) is 24.5 Å². The number of carboxylic acids is 1. The van der Waals surface area contributed by atoms with E-state index in [4.69, 9.17) is 4.74 Å². The molecule has 10 heteroatoms. The van der Waals surface area contributed by atoms with Gasteiger partial charge in [0.2, 0.25) is 0 Å². The number of ether oxygens (including phenoxy) is 1. The Morgan fingerprint density at radius 1 is 1.33 bits per heavy atom. The van der Waals surface area contributed by atoms with E-state index in [-0.39, 0.29) is 6.04 Å². The molecule has 10 nitrogen and oxygen atoms in total. The molecule has 2 aromatic rings. The second-order valence-corrected chi connectivity index (χ2v) is 7.61. The summed E-state index contributed by atoms with van der Waals surface area (Å²) in [6.07, 6.45) is 3.17. The van der Waals surface area contributed by atoms with Crippen molar-refractivity contribution in [3.63, 3.8) is 0 Å². The molecule has 1 fully saturated rings. The predicted molar refractivity (Wildman–Crippen MR) is 97.7 cm³/mol. The van der Waals surface area contributed by atoms with Gasteiger partial charge in [0.25, 0.3) is 0 Å². The quantitative estimate of drug-likeness (QED) is 0.824. The molecule has 1 saturated heterocycles. The van der Waals surface area contributed by atoms with Gasteiger partial charge in [-0.2, -0.15) is 0 Å². The van der Waals surface area contributed by atoms with Crippen LogP contribution in [0.3, 0.4) is 0 Å². The van der Waals surface area contributed by atoms with E-state index in [2.05, 4.69) is 20.3 Å². The molecular weight excluding hydrogens is 352 g/mol. The molecule has 0 saturated carbocycles. The van der Waals surface area contributed by atoms with E-state index in [1.165, 1.54) is 17.2 Å². The van der Waals surface area contributed by atoms with E-state index in [0.717, 1.165) is 6.42 Å². The predicted octanol–water partition coefficient (Wildman–Crippen LogP) is 1.58. The zero-order valence-electron chi connectivity index (χ0n) is 15.8. The summed E-state index contributed by atoms with van der Waals surface area (Å²) >= 11 is 0. The lowest BCUT2D eigenvalue weighted by molar-refractivity contribution is -0.140. The number of nitrogens with zero attached hydrogens (tertiary/aromatic N) is 5. The van der Waals surface area contributed by atoms with Crippen molar-refractivity contribution in [1.82, 2.24) is 24.8 Å². The van der Waals surface area contributed by atoms with Crippen molar-refractivity contribution in [3.8, 4) is 0 Å². The second kappa shape index (κ2) is 7.01. The maximum absolute atomic E-state index is 12.0. The van der Waals surface area contributed by atoms with Crippen molar-refractivity contribution >= 4 is 29.0 Å². The summed E-state index contributed by atoms with van der Waals surface area (Å²) in [5.41, 5.74) is 0.469. The Balaban J connectivity index is 1.75.